The smallest absolute Gasteiger partial charge is 0.257 e. The minimum absolute atomic E-state index is 0.103. The van der Waals surface area contributed by atoms with Crippen LogP contribution in [0.4, 0.5) is 0 Å². The van der Waals surface area contributed by atoms with E-state index in [4.69, 9.17) is 15.1 Å². The molecule has 2 N–H and O–H groups in total. The predicted octanol–water partition coefficient (Wildman–Crippen LogP) is 0.826. The van der Waals surface area contributed by atoms with E-state index in [-0.39, 0.29) is 24.5 Å². The summed E-state index contributed by atoms with van der Waals surface area (Å²) in [5, 5.41) is 20.7. The highest BCUT2D eigenvalue weighted by molar-refractivity contribution is 5.77. The Morgan fingerprint density at radius 2 is 2.21 bits per heavy atom. The van der Waals surface area contributed by atoms with Crippen LogP contribution < -0.4 is 10.1 Å². The number of ether oxygens (including phenoxy) is 1. The summed E-state index contributed by atoms with van der Waals surface area (Å²) >= 11 is 0. The molecule has 0 unspecified atom stereocenters. The van der Waals surface area contributed by atoms with Crippen LogP contribution in [0.1, 0.15) is 18.4 Å². The molecule has 5 heteroatoms. The lowest BCUT2D eigenvalue weighted by Gasteiger charge is -2.13. The molecule has 0 spiro atoms. The molecule has 0 saturated heterocycles. The van der Waals surface area contributed by atoms with Gasteiger partial charge in [-0.1, -0.05) is 12.1 Å². The van der Waals surface area contributed by atoms with Gasteiger partial charge in [0, 0.05) is 12.0 Å². The Hall–Kier alpha value is -2.06. The molecule has 0 aliphatic heterocycles. The third-order valence-corrected chi connectivity index (χ3v) is 3.32. The summed E-state index contributed by atoms with van der Waals surface area (Å²) in [6.07, 6.45) is 1.89. The highest BCUT2D eigenvalue weighted by Crippen LogP contribution is 2.44. The van der Waals surface area contributed by atoms with E-state index in [0.717, 1.165) is 12.8 Å². The van der Waals surface area contributed by atoms with Crippen molar-refractivity contribution in [2.45, 2.75) is 12.8 Å². The van der Waals surface area contributed by atoms with Gasteiger partial charge in [0.05, 0.1) is 12.2 Å². The van der Waals surface area contributed by atoms with Crippen LogP contribution in [0.25, 0.3) is 0 Å². The molecule has 1 aliphatic rings. The Kier molecular flexibility index (Phi) is 4.03. The number of nitriles is 1. The summed E-state index contributed by atoms with van der Waals surface area (Å²) in [4.78, 5) is 11.6. The fraction of sp³-hybridized carbons (Fsp3) is 0.429. The second-order valence-corrected chi connectivity index (χ2v) is 4.83. The molecule has 0 atom stereocenters. The van der Waals surface area contributed by atoms with Crippen molar-refractivity contribution >= 4 is 5.91 Å². The van der Waals surface area contributed by atoms with E-state index < -0.39 is 0 Å². The van der Waals surface area contributed by atoms with Crippen molar-refractivity contribution in [2.75, 3.05) is 19.8 Å². The molecular formula is C14H16N2O3. The number of hydrogen-bond donors (Lipinski definition) is 2. The molecule has 0 bridgehead atoms. The normalized spacial score (nSPS) is 15.4. The first-order valence-electron chi connectivity index (χ1n) is 6.19. The largest absolute Gasteiger partial charge is 0.482 e. The maximum atomic E-state index is 11.6. The van der Waals surface area contributed by atoms with Gasteiger partial charge in [0.1, 0.15) is 11.8 Å². The number of aliphatic hydroxyl groups excluding tert-OH is 1. The monoisotopic (exact) mass is 260 g/mol. The van der Waals surface area contributed by atoms with E-state index in [1.807, 2.05) is 6.07 Å². The van der Waals surface area contributed by atoms with Crippen LogP contribution in [0.3, 0.4) is 0 Å². The molecule has 100 valence electrons. The molecule has 0 heterocycles. The second kappa shape index (κ2) is 5.72. The molecular weight excluding hydrogens is 244 g/mol. The summed E-state index contributed by atoms with van der Waals surface area (Å²) in [5.41, 5.74) is 0.296. The number of aliphatic hydroxyl groups is 1. The lowest BCUT2D eigenvalue weighted by Crippen LogP contribution is -2.35. The van der Waals surface area contributed by atoms with Crippen LogP contribution in [-0.2, 0) is 4.79 Å². The quantitative estimate of drug-likeness (QED) is 0.793. The standard InChI is InChI=1S/C14H16N2O3/c15-7-11-3-1-2-4-12(11)19-8-13(18)16-9-14(10-17)5-6-14/h1-4,17H,5-6,8-10H2,(H,16,18). The van der Waals surface area contributed by atoms with E-state index in [1.165, 1.54) is 0 Å². The van der Waals surface area contributed by atoms with E-state index in [0.29, 0.717) is 17.9 Å². The molecule has 5 nitrogen and oxygen atoms in total. The van der Waals surface area contributed by atoms with Gasteiger partial charge in [-0.05, 0) is 25.0 Å². The molecule has 19 heavy (non-hydrogen) atoms. The maximum Gasteiger partial charge on any atom is 0.257 e. The van der Waals surface area contributed by atoms with Crippen molar-refractivity contribution in [1.29, 1.82) is 5.26 Å². The van der Waals surface area contributed by atoms with Gasteiger partial charge < -0.3 is 15.2 Å². The lowest BCUT2D eigenvalue weighted by molar-refractivity contribution is -0.123. The average Bonchev–Trinajstić information content (AvgIpc) is 3.24. The molecule has 1 amide bonds. The molecule has 0 aromatic heterocycles. The molecule has 1 saturated carbocycles. The first-order valence-corrected chi connectivity index (χ1v) is 6.19. The Balaban J connectivity index is 1.79. The Morgan fingerprint density at radius 1 is 1.47 bits per heavy atom. The summed E-state index contributed by atoms with van der Waals surface area (Å²) < 4.78 is 5.31. The van der Waals surface area contributed by atoms with Gasteiger partial charge in [0.15, 0.2) is 6.61 Å². The van der Waals surface area contributed by atoms with E-state index in [2.05, 4.69) is 5.32 Å². The Bertz CT molecular complexity index is 504. The number of para-hydroxylation sites is 1. The van der Waals surface area contributed by atoms with Crippen LogP contribution in [-0.4, -0.2) is 30.8 Å². The molecule has 1 aromatic rings. The summed E-state index contributed by atoms with van der Waals surface area (Å²) in [6, 6.07) is 8.79. The van der Waals surface area contributed by atoms with Crippen molar-refractivity contribution in [3.63, 3.8) is 0 Å². The number of benzene rings is 1. The number of nitrogens with one attached hydrogen (secondary N) is 1. The number of hydrogen-bond acceptors (Lipinski definition) is 4. The number of rotatable bonds is 6. The Labute approximate surface area is 111 Å². The summed E-state index contributed by atoms with van der Waals surface area (Å²) in [7, 11) is 0. The number of nitrogens with zero attached hydrogens (tertiary/aromatic N) is 1. The fourth-order valence-corrected chi connectivity index (χ4v) is 1.73. The van der Waals surface area contributed by atoms with Crippen LogP contribution in [0.15, 0.2) is 24.3 Å². The van der Waals surface area contributed by atoms with Gasteiger partial charge in [-0.15, -0.1) is 0 Å². The van der Waals surface area contributed by atoms with Crippen LogP contribution in [0.2, 0.25) is 0 Å². The maximum absolute atomic E-state index is 11.6. The zero-order chi connectivity index (χ0) is 13.7. The van der Waals surface area contributed by atoms with E-state index in [1.54, 1.807) is 24.3 Å². The molecule has 1 fully saturated rings. The fourth-order valence-electron chi connectivity index (χ4n) is 1.73. The highest BCUT2D eigenvalue weighted by atomic mass is 16.5. The van der Waals surface area contributed by atoms with Gasteiger partial charge in [-0.25, -0.2) is 0 Å². The average molecular weight is 260 g/mol. The number of carbonyl (C=O) groups excluding carboxylic acids is 1. The molecule has 1 aliphatic carbocycles. The molecule has 0 radical (unpaired) electrons. The highest BCUT2D eigenvalue weighted by Gasteiger charge is 2.42. The Morgan fingerprint density at radius 3 is 2.84 bits per heavy atom. The minimum atomic E-state index is -0.243. The van der Waals surface area contributed by atoms with Gasteiger partial charge in [-0.2, -0.15) is 5.26 Å². The van der Waals surface area contributed by atoms with Crippen LogP contribution >= 0.6 is 0 Å². The van der Waals surface area contributed by atoms with Crippen molar-refractivity contribution in [2.24, 2.45) is 5.41 Å². The van der Waals surface area contributed by atoms with E-state index in [9.17, 15) is 4.79 Å². The van der Waals surface area contributed by atoms with Crippen molar-refractivity contribution in [3.05, 3.63) is 29.8 Å². The van der Waals surface area contributed by atoms with Crippen LogP contribution in [0.5, 0.6) is 5.75 Å². The van der Waals surface area contributed by atoms with Gasteiger partial charge >= 0.3 is 0 Å². The van der Waals surface area contributed by atoms with E-state index >= 15 is 0 Å². The third-order valence-electron chi connectivity index (χ3n) is 3.32. The zero-order valence-corrected chi connectivity index (χ0v) is 10.6. The van der Waals surface area contributed by atoms with Gasteiger partial charge in [0.25, 0.3) is 5.91 Å². The number of carbonyl (C=O) groups is 1. The third kappa shape index (κ3) is 3.46. The second-order valence-electron chi connectivity index (χ2n) is 4.83. The first kappa shape index (κ1) is 13.4. The lowest BCUT2D eigenvalue weighted by atomic mass is 10.1. The van der Waals surface area contributed by atoms with Crippen molar-refractivity contribution in [3.8, 4) is 11.8 Å². The number of amides is 1. The zero-order valence-electron chi connectivity index (χ0n) is 10.6. The first-order chi connectivity index (χ1) is 9.19. The van der Waals surface area contributed by atoms with Gasteiger partial charge in [-0.3, -0.25) is 4.79 Å². The predicted molar refractivity (Wildman–Crippen MR) is 68.4 cm³/mol. The molecule has 1 aromatic carbocycles. The summed E-state index contributed by atoms with van der Waals surface area (Å²) in [6.45, 7) is 0.456. The molecule has 2 rings (SSSR count). The topological polar surface area (TPSA) is 82.3 Å². The van der Waals surface area contributed by atoms with Crippen LogP contribution in [0, 0.1) is 16.7 Å². The van der Waals surface area contributed by atoms with Gasteiger partial charge in [0.2, 0.25) is 0 Å². The van der Waals surface area contributed by atoms with Crippen molar-refractivity contribution < 1.29 is 14.6 Å². The van der Waals surface area contributed by atoms with Crippen molar-refractivity contribution in [1.82, 2.24) is 5.32 Å². The minimum Gasteiger partial charge on any atom is -0.482 e. The SMILES string of the molecule is N#Cc1ccccc1OCC(=O)NCC1(CO)CC1. The summed E-state index contributed by atoms with van der Waals surface area (Å²) in [5.74, 6) is 0.163.